The Morgan fingerprint density at radius 2 is 2.09 bits per heavy atom. The van der Waals surface area contributed by atoms with Crippen molar-refractivity contribution in [3.63, 3.8) is 0 Å². The number of carbonyl (C=O) groups excluding carboxylic acids is 1. The number of piperidine rings is 1. The quantitative estimate of drug-likeness (QED) is 0.790. The van der Waals surface area contributed by atoms with Crippen LogP contribution < -0.4 is 0 Å². The van der Waals surface area contributed by atoms with Gasteiger partial charge in [-0.25, -0.2) is 4.79 Å². The minimum absolute atomic E-state index is 0.00446. The SMILES string of the molecule is C[C@H]1[C@H]2Cc3ccc(O)cc3[C@]1(C)CCN2C(=O)OC(C)(C)C. The summed E-state index contributed by atoms with van der Waals surface area (Å²) < 4.78 is 5.60. The molecule has 0 spiro atoms. The zero-order chi connectivity index (χ0) is 17.0. The second-order valence-electron chi connectivity index (χ2n) is 8.24. The lowest BCUT2D eigenvalue weighted by Crippen LogP contribution is -2.60. The van der Waals surface area contributed by atoms with Crippen LogP contribution in [0.15, 0.2) is 18.2 Å². The minimum atomic E-state index is -0.473. The summed E-state index contributed by atoms with van der Waals surface area (Å²) in [5.74, 6) is 0.656. The molecule has 1 N–H and O–H groups in total. The third-order valence-electron chi connectivity index (χ3n) is 5.62. The zero-order valence-electron chi connectivity index (χ0n) is 14.7. The highest BCUT2D eigenvalue weighted by molar-refractivity contribution is 5.69. The molecule has 0 radical (unpaired) electrons. The van der Waals surface area contributed by atoms with Crippen molar-refractivity contribution in [2.45, 2.75) is 64.5 Å². The topological polar surface area (TPSA) is 49.8 Å². The molecule has 1 aromatic rings. The second-order valence-corrected chi connectivity index (χ2v) is 8.24. The normalized spacial score (nSPS) is 29.9. The molecule has 3 atom stereocenters. The van der Waals surface area contributed by atoms with Crippen LogP contribution in [0.3, 0.4) is 0 Å². The summed E-state index contributed by atoms with van der Waals surface area (Å²) in [7, 11) is 0. The van der Waals surface area contributed by atoms with Crippen molar-refractivity contribution in [1.29, 1.82) is 0 Å². The molecule has 3 rings (SSSR count). The van der Waals surface area contributed by atoms with E-state index >= 15 is 0 Å². The molecule has 1 aromatic carbocycles. The van der Waals surface area contributed by atoms with Crippen molar-refractivity contribution in [2.75, 3.05) is 6.54 Å². The standard InChI is InChI=1S/C19H27NO3/c1-12-16-10-13-6-7-14(21)11-15(13)19(12,5)8-9-20(16)17(22)23-18(2,3)4/h6-7,11-12,16,21H,8-10H2,1-5H3/t12-,16+,19+/m0/s1. The fraction of sp³-hybridized carbons (Fsp3) is 0.632. The van der Waals surface area contributed by atoms with Gasteiger partial charge in [0, 0.05) is 12.6 Å². The molecule has 1 aliphatic carbocycles. The van der Waals surface area contributed by atoms with Gasteiger partial charge in [-0.15, -0.1) is 0 Å². The van der Waals surface area contributed by atoms with Crippen LogP contribution >= 0.6 is 0 Å². The Hall–Kier alpha value is -1.71. The molecule has 0 aromatic heterocycles. The van der Waals surface area contributed by atoms with Gasteiger partial charge in [-0.05, 0) is 68.2 Å². The summed E-state index contributed by atoms with van der Waals surface area (Å²) >= 11 is 0. The van der Waals surface area contributed by atoms with Crippen molar-refractivity contribution < 1.29 is 14.6 Å². The summed E-state index contributed by atoms with van der Waals surface area (Å²) in [6.45, 7) is 10.9. The van der Waals surface area contributed by atoms with E-state index in [9.17, 15) is 9.90 Å². The van der Waals surface area contributed by atoms with Gasteiger partial charge in [0.1, 0.15) is 11.4 Å². The van der Waals surface area contributed by atoms with Crippen molar-refractivity contribution >= 4 is 6.09 Å². The molecule has 126 valence electrons. The molecular weight excluding hydrogens is 290 g/mol. The van der Waals surface area contributed by atoms with Crippen molar-refractivity contribution in [1.82, 2.24) is 4.90 Å². The number of fused-ring (bicyclic) bond motifs is 4. The van der Waals surface area contributed by atoms with Gasteiger partial charge < -0.3 is 14.7 Å². The number of ether oxygens (including phenoxy) is 1. The zero-order valence-corrected chi connectivity index (χ0v) is 14.7. The molecule has 23 heavy (non-hydrogen) atoms. The van der Waals surface area contributed by atoms with E-state index in [1.54, 1.807) is 6.07 Å². The Bertz CT molecular complexity index is 634. The third kappa shape index (κ3) is 2.68. The minimum Gasteiger partial charge on any atom is -0.508 e. The fourth-order valence-electron chi connectivity index (χ4n) is 4.15. The maximum atomic E-state index is 12.6. The molecule has 1 aliphatic heterocycles. The number of carbonyl (C=O) groups is 1. The highest BCUT2D eigenvalue weighted by Crippen LogP contribution is 2.49. The summed E-state index contributed by atoms with van der Waals surface area (Å²) in [5.41, 5.74) is 2.00. The van der Waals surface area contributed by atoms with E-state index in [0.717, 1.165) is 12.8 Å². The summed E-state index contributed by atoms with van der Waals surface area (Å²) in [6, 6.07) is 5.80. The lowest BCUT2D eigenvalue weighted by molar-refractivity contribution is -0.0165. The molecule has 1 saturated heterocycles. The average molecular weight is 317 g/mol. The number of phenols is 1. The molecular formula is C19H27NO3. The first-order valence-corrected chi connectivity index (χ1v) is 8.44. The molecule has 1 heterocycles. The lowest BCUT2D eigenvalue weighted by Gasteiger charge is -2.54. The van der Waals surface area contributed by atoms with E-state index in [1.807, 2.05) is 37.8 Å². The van der Waals surface area contributed by atoms with Crippen molar-refractivity contribution in [3.05, 3.63) is 29.3 Å². The fourth-order valence-corrected chi connectivity index (χ4v) is 4.15. The second kappa shape index (κ2) is 5.15. The predicted molar refractivity (Wildman–Crippen MR) is 89.7 cm³/mol. The number of hydrogen-bond acceptors (Lipinski definition) is 3. The number of nitrogens with zero attached hydrogens (tertiary/aromatic N) is 1. The van der Waals surface area contributed by atoms with Crippen LogP contribution in [0, 0.1) is 5.92 Å². The molecule has 1 fully saturated rings. The van der Waals surface area contributed by atoms with E-state index in [0.29, 0.717) is 18.2 Å². The first kappa shape index (κ1) is 16.2. The van der Waals surface area contributed by atoms with Crippen LogP contribution in [0.4, 0.5) is 4.79 Å². The number of likely N-dealkylation sites (tertiary alicyclic amines) is 1. The first-order valence-electron chi connectivity index (χ1n) is 8.44. The largest absolute Gasteiger partial charge is 0.508 e. The van der Waals surface area contributed by atoms with Gasteiger partial charge >= 0.3 is 6.09 Å². The Morgan fingerprint density at radius 1 is 1.39 bits per heavy atom. The molecule has 0 unspecified atom stereocenters. The monoisotopic (exact) mass is 317 g/mol. The van der Waals surface area contributed by atoms with Gasteiger partial charge in [0.25, 0.3) is 0 Å². The first-order chi connectivity index (χ1) is 10.6. The Morgan fingerprint density at radius 3 is 2.74 bits per heavy atom. The number of rotatable bonds is 0. The molecule has 4 nitrogen and oxygen atoms in total. The summed E-state index contributed by atoms with van der Waals surface area (Å²) in [6.07, 6.45) is 1.50. The molecule has 2 bridgehead atoms. The smallest absolute Gasteiger partial charge is 0.410 e. The van der Waals surface area contributed by atoms with Crippen LogP contribution in [0.5, 0.6) is 5.75 Å². The van der Waals surface area contributed by atoms with Gasteiger partial charge in [0.15, 0.2) is 0 Å². The number of aromatic hydroxyl groups is 1. The van der Waals surface area contributed by atoms with Gasteiger partial charge in [-0.3, -0.25) is 0 Å². The predicted octanol–water partition coefficient (Wildman–Crippen LogP) is 3.85. The molecule has 2 aliphatic rings. The molecule has 4 heteroatoms. The van der Waals surface area contributed by atoms with Gasteiger partial charge in [0.2, 0.25) is 0 Å². The average Bonchev–Trinajstić information content (AvgIpc) is 2.42. The Balaban J connectivity index is 1.94. The highest BCUT2D eigenvalue weighted by Gasteiger charge is 2.50. The van der Waals surface area contributed by atoms with Crippen molar-refractivity contribution in [3.8, 4) is 5.75 Å². The molecule has 1 amide bonds. The lowest BCUT2D eigenvalue weighted by atomic mass is 9.59. The Labute approximate surface area is 138 Å². The van der Waals surface area contributed by atoms with Crippen LogP contribution in [-0.4, -0.2) is 34.3 Å². The summed E-state index contributed by atoms with van der Waals surface area (Å²) in [5, 5.41) is 9.87. The van der Waals surface area contributed by atoms with E-state index in [4.69, 9.17) is 4.74 Å². The number of phenolic OH excluding ortho intramolecular Hbond substituents is 1. The molecule has 0 saturated carbocycles. The Kier molecular flexibility index (Phi) is 3.62. The maximum absolute atomic E-state index is 12.6. The van der Waals surface area contributed by atoms with Gasteiger partial charge in [-0.1, -0.05) is 19.9 Å². The number of amides is 1. The number of hydrogen-bond donors (Lipinski definition) is 1. The summed E-state index contributed by atoms with van der Waals surface area (Å²) in [4.78, 5) is 14.5. The van der Waals surface area contributed by atoms with Crippen molar-refractivity contribution in [2.24, 2.45) is 5.92 Å². The van der Waals surface area contributed by atoms with Crippen LogP contribution in [0.25, 0.3) is 0 Å². The van der Waals surface area contributed by atoms with Crippen LogP contribution in [-0.2, 0) is 16.6 Å². The van der Waals surface area contributed by atoms with E-state index < -0.39 is 5.60 Å². The van der Waals surface area contributed by atoms with Crippen LogP contribution in [0.1, 0.15) is 52.2 Å². The van der Waals surface area contributed by atoms with Gasteiger partial charge in [0.05, 0.1) is 0 Å². The maximum Gasteiger partial charge on any atom is 0.410 e. The van der Waals surface area contributed by atoms with E-state index in [1.165, 1.54) is 11.1 Å². The third-order valence-corrected chi connectivity index (χ3v) is 5.62. The van der Waals surface area contributed by atoms with E-state index in [2.05, 4.69) is 13.8 Å². The van der Waals surface area contributed by atoms with Crippen LogP contribution in [0.2, 0.25) is 0 Å². The van der Waals surface area contributed by atoms with Gasteiger partial charge in [-0.2, -0.15) is 0 Å². The number of benzene rings is 1. The van der Waals surface area contributed by atoms with E-state index in [-0.39, 0.29) is 17.6 Å². The highest BCUT2D eigenvalue weighted by atomic mass is 16.6.